The molecule has 0 radical (unpaired) electrons. The molecule has 1 atom stereocenters. The molecule has 2 N–H and O–H groups in total. The predicted molar refractivity (Wildman–Crippen MR) is 95.6 cm³/mol. The molecule has 2 aromatic rings. The van der Waals surface area contributed by atoms with E-state index in [1.165, 1.54) is 11.8 Å². The summed E-state index contributed by atoms with van der Waals surface area (Å²) in [5, 5.41) is 14.0. The third-order valence-corrected chi connectivity index (χ3v) is 5.97. The van der Waals surface area contributed by atoms with Gasteiger partial charge in [0.1, 0.15) is 5.56 Å². The average molecular weight is 345 g/mol. The number of pyridine rings is 1. The van der Waals surface area contributed by atoms with Gasteiger partial charge in [0.25, 0.3) is 0 Å². The summed E-state index contributed by atoms with van der Waals surface area (Å²) in [7, 11) is 0. The molecule has 0 spiro atoms. The number of nitrogens with zero attached hydrogens (tertiary/aromatic N) is 2. The lowest BCUT2D eigenvalue weighted by molar-refractivity contribution is 0.0689. The minimum atomic E-state index is -1.14. The summed E-state index contributed by atoms with van der Waals surface area (Å²) in [6, 6.07) is 3.91. The number of piperazine rings is 1. The maximum atomic E-state index is 12.7. The second kappa shape index (κ2) is 5.53. The fourth-order valence-electron chi connectivity index (χ4n) is 3.61. The zero-order valence-electron chi connectivity index (χ0n) is 13.6. The van der Waals surface area contributed by atoms with Gasteiger partial charge >= 0.3 is 5.97 Å². The van der Waals surface area contributed by atoms with E-state index in [0.29, 0.717) is 10.4 Å². The Morgan fingerprint density at radius 1 is 1.33 bits per heavy atom. The van der Waals surface area contributed by atoms with Gasteiger partial charge in [-0.1, -0.05) is 11.8 Å². The molecule has 7 heteroatoms. The van der Waals surface area contributed by atoms with E-state index in [1.54, 1.807) is 0 Å². The van der Waals surface area contributed by atoms with Gasteiger partial charge < -0.3 is 19.9 Å². The summed E-state index contributed by atoms with van der Waals surface area (Å²) >= 11 is 1.44. The molecule has 0 aliphatic carbocycles. The first-order valence-electron chi connectivity index (χ1n) is 8.07. The lowest BCUT2D eigenvalue weighted by atomic mass is 10.0. The number of hydrogen-bond acceptors (Lipinski definition) is 5. The van der Waals surface area contributed by atoms with Crippen LogP contribution in [0.3, 0.4) is 0 Å². The van der Waals surface area contributed by atoms with Crippen LogP contribution in [0.5, 0.6) is 0 Å². The Hall–Kier alpha value is -1.99. The van der Waals surface area contributed by atoms with Crippen LogP contribution < -0.4 is 15.6 Å². The second-order valence-corrected chi connectivity index (χ2v) is 7.60. The van der Waals surface area contributed by atoms with Gasteiger partial charge in [-0.25, -0.2) is 4.79 Å². The summed E-state index contributed by atoms with van der Waals surface area (Å²) in [6.45, 7) is 7.76. The van der Waals surface area contributed by atoms with Gasteiger partial charge in [-0.15, -0.1) is 0 Å². The Morgan fingerprint density at radius 2 is 2.04 bits per heavy atom. The number of hydrogen-bond donors (Lipinski definition) is 2. The zero-order valence-corrected chi connectivity index (χ0v) is 14.4. The highest BCUT2D eigenvalue weighted by molar-refractivity contribution is 8.00. The molecule has 24 heavy (non-hydrogen) atoms. The average Bonchev–Trinajstić information content (AvgIpc) is 2.55. The number of aromatic nitrogens is 1. The van der Waals surface area contributed by atoms with Crippen LogP contribution >= 0.6 is 11.8 Å². The summed E-state index contributed by atoms with van der Waals surface area (Å²) in [5.41, 5.74) is 2.51. The third kappa shape index (κ3) is 2.15. The molecule has 3 heterocycles. The van der Waals surface area contributed by atoms with Crippen molar-refractivity contribution in [3.8, 4) is 0 Å². The van der Waals surface area contributed by atoms with Crippen molar-refractivity contribution in [3.05, 3.63) is 33.5 Å². The van der Waals surface area contributed by atoms with Crippen LogP contribution in [0.2, 0.25) is 0 Å². The molecule has 0 bridgehead atoms. The number of carbonyl (C=O) groups is 1. The smallest absolute Gasteiger partial charge is 0.342 e. The summed E-state index contributed by atoms with van der Waals surface area (Å²) in [6.07, 6.45) is 0. The number of benzene rings is 1. The van der Waals surface area contributed by atoms with Crippen molar-refractivity contribution in [1.82, 2.24) is 9.88 Å². The lowest BCUT2D eigenvalue weighted by Gasteiger charge is -2.35. The predicted octanol–water partition coefficient (Wildman–Crippen LogP) is 2.04. The van der Waals surface area contributed by atoms with Crippen molar-refractivity contribution in [2.75, 3.05) is 31.1 Å². The molecular formula is C17H19N3O3S. The van der Waals surface area contributed by atoms with Gasteiger partial charge in [0, 0.05) is 37.3 Å². The molecule has 1 fully saturated rings. The van der Waals surface area contributed by atoms with Gasteiger partial charge in [0.2, 0.25) is 5.43 Å². The molecule has 0 saturated carbocycles. The van der Waals surface area contributed by atoms with Crippen molar-refractivity contribution in [2.45, 2.75) is 24.2 Å². The van der Waals surface area contributed by atoms with Crippen LogP contribution in [0.1, 0.15) is 28.2 Å². The molecule has 1 aromatic heterocycles. The van der Waals surface area contributed by atoms with E-state index >= 15 is 0 Å². The maximum absolute atomic E-state index is 12.7. The lowest BCUT2D eigenvalue weighted by Crippen LogP contribution is -2.43. The summed E-state index contributed by atoms with van der Waals surface area (Å²) < 4.78 is 1.98. The highest BCUT2D eigenvalue weighted by atomic mass is 32.2. The van der Waals surface area contributed by atoms with Crippen molar-refractivity contribution >= 4 is 34.3 Å². The topological polar surface area (TPSA) is 74.6 Å². The summed E-state index contributed by atoms with van der Waals surface area (Å²) in [4.78, 5) is 26.6. The quantitative estimate of drug-likeness (QED) is 0.868. The Balaban J connectivity index is 1.99. The van der Waals surface area contributed by atoms with E-state index in [1.807, 2.05) is 24.5 Å². The number of thioether (sulfide) groups is 1. The molecule has 6 nitrogen and oxygen atoms in total. The number of rotatable bonds is 2. The van der Waals surface area contributed by atoms with Crippen molar-refractivity contribution in [3.63, 3.8) is 0 Å². The van der Waals surface area contributed by atoms with Crippen molar-refractivity contribution in [1.29, 1.82) is 0 Å². The normalized spacial score (nSPS) is 19.9. The highest BCUT2D eigenvalue weighted by Crippen LogP contribution is 2.46. The van der Waals surface area contributed by atoms with Crippen LogP contribution in [0.25, 0.3) is 10.9 Å². The summed E-state index contributed by atoms with van der Waals surface area (Å²) in [5.74, 6) is -1.14. The molecule has 1 saturated heterocycles. The molecule has 4 rings (SSSR count). The van der Waals surface area contributed by atoms with E-state index in [2.05, 4.69) is 16.3 Å². The van der Waals surface area contributed by atoms with Crippen LogP contribution in [0.15, 0.2) is 22.0 Å². The number of carboxylic acid groups (broad SMARTS) is 1. The van der Waals surface area contributed by atoms with Crippen LogP contribution in [-0.4, -0.2) is 41.8 Å². The van der Waals surface area contributed by atoms with E-state index in [0.717, 1.165) is 42.9 Å². The fourth-order valence-corrected chi connectivity index (χ4v) is 4.76. The van der Waals surface area contributed by atoms with Crippen molar-refractivity contribution in [2.24, 2.45) is 0 Å². The number of aryl methyl sites for hydroxylation is 1. The minimum absolute atomic E-state index is 0.0973. The van der Waals surface area contributed by atoms with Crippen LogP contribution in [0, 0.1) is 6.92 Å². The molecule has 1 unspecified atom stereocenters. The second-order valence-electron chi connectivity index (χ2n) is 6.29. The van der Waals surface area contributed by atoms with Gasteiger partial charge in [-0.05, 0) is 31.5 Å². The Labute approximate surface area is 143 Å². The monoisotopic (exact) mass is 345 g/mol. The molecule has 126 valence electrons. The van der Waals surface area contributed by atoms with Gasteiger partial charge in [0.15, 0.2) is 0 Å². The van der Waals surface area contributed by atoms with Gasteiger partial charge in [-0.3, -0.25) is 4.79 Å². The highest BCUT2D eigenvalue weighted by Gasteiger charge is 2.33. The number of fused-ring (bicyclic) bond motifs is 3. The van der Waals surface area contributed by atoms with Crippen molar-refractivity contribution < 1.29 is 9.90 Å². The Kier molecular flexibility index (Phi) is 3.58. The van der Waals surface area contributed by atoms with Gasteiger partial charge in [0.05, 0.1) is 15.9 Å². The Bertz CT molecular complexity index is 916. The first kappa shape index (κ1) is 15.5. The van der Waals surface area contributed by atoms with Crippen LogP contribution in [0.4, 0.5) is 5.69 Å². The fraction of sp³-hybridized carbons (Fsp3) is 0.412. The first-order valence-corrected chi connectivity index (χ1v) is 8.95. The molecular weight excluding hydrogens is 326 g/mol. The van der Waals surface area contributed by atoms with Gasteiger partial charge in [-0.2, -0.15) is 0 Å². The van der Waals surface area contributed by atoms with E-state index in [-0.39, 0.29) is 16.4 Å². The zero-order chi connectivity index (χ0) is 17.0. The maximum Gasteiger partial charge on any atom is 0.342 e. The Morgan fingerprint density at radius 3 is 2.67 bits per heavy atom. The third-order valence-electron chi connectivity index (χ3n) is 4.80. The number of nitrogens with one attached hydrogen (secondary N) is 1. The number of aromatic carboxylic acids is 1. The van der Waals surface area contributed by atoms with E-state index < -0.39 is 5.97 Å². The van der Waals surface area contributed by atoms with Crippen LogP contribution in [-0.2, 0) is 0 Å². The standard InChI is InChI=1S/C17H19N3O3S/c1-9-7-11-13(8-12(9)19-5-3-18-4-6-19)20-10(2)24-16(20)14(15(11)21)17(22)23/h7-8,10,18H,3-6H2,1-2H3,(H,22,23). The SMILES string of the molecule is Cc1cc2c(=O)c(C(=O)O)c3n(c2cc1N1CCNCC1)C(C)S3. The van der Waals surface area contributed by atoms with E-state index in [9.17, 15) is 14.7 Å². The van der Waals surface area contributed by atoms with E-state index in [4.69, 9.17) is 0 Å². The first-order chi connectivity index (χ1) is 11.5. The molecule has 2 aliphatic heterocycles. The number of anilines is 1. The molecule has 2 aliphatic rings. The molecule has 0 amide bonds. The largest absolute Gasteiger partial charge is 0.477 e. The molecule has 1 aromatic carbocycles. The minimum Gasteiger partial charge on any atom is -0.477 e. The number of carboxylic acids is 1.